The number of carbonyl (C=O) groups excluding carboxylic acids is 11. The number of nitrogens with zero attached hydrogens (tertiary/aromatic N) is 3. The quantitative estimate of drug-likeness (QED) is 0.0237. The maximum atomic E-state index is 15.4. The Hall–Kier alpha value is -9.20. The van der Waals surface area contributed by atoms with Crippen molar-refractivity contribution in [3.63, 3.8) is 0 Å². The zero-order valence-corrected chi connectivity index (χ0v) is 47.6. The minimum Gasteiger partial charge on any atom is -0.460 e. The van der Waals surface area contributed by atoms with Crippen molar-refractivity contribution >= 4 is 76.0 Å². The lowest BCUT2D eigenvalue weighted by atomic mass is 9.81. The van der Waals surface area contributed by atoms with Crippen LogP contribution >= 0.6 is 0 Å². The monoisotopic (exact) mass is 1170 g/mol. The average Bonchev–Trinajstić information content (AvgIpc) is 2.03. The highest BCUT2D eigenvalue weighted by molar-refractivity contribution is 6.15. The minimum atomic E-state index is -2.05. The molecule has 0 radical (unpaired) electrons. The van der Waals surface area contributed by atoms with Gasteiger partial charge in [0.2, 0.25) is 41.4 Å². The summed E-state index contributed by atoms with van der Waals surface area (Å²) in [4.78, 5) is 161. The number of aryl methyl sites for hydroxylation is 1. The van der Waals surface area contributed by atoms with Crippen LogP contribution < -0.4 is 42.8 Å². The summed E-state index contributed by atoms with van der Waals surface area (Å²) in [5.41, 5.74) is 1.15. The molecule has 0 saturated carbocycles. The Morgan fingerprint density at radius 1 is 0.812 bits per heavy atom. The first-order chi connectivity index (χ1) is 40.4. The van der Waals surface area contributed by atoms with Gasteiger partial charge in [-0.1, -0.05) is 37.3 Å². The lowest BCUT2D eigenvalue weighted by molar-refractivity contribution is -0.172. The van der Waals surface area contributed by atoms with E-state index in [1.54, 1.807) is 71.0 Å². The van der Waals surface area contributed by atoms with Crippen molar-refractivity contribution in [1.82, 2.24) is 51.7 Å². The largest absolute Gasteiger partial charge is 0.460 e. The Morgan fingerprint density at radius 3 is 2.20 bits per heavy atom. The van der Waals surface area contributed by atoms with Crippen LogP contribution in [0.15, 0.2) is 59.4 Å². The number of halogens is 1. The number of aromatic nitrogens is 2. The smallest absolute Gasteiger partial charge is 0.343 e. The molecule has 2 aromatic carbocycles. The Labute approximate surface area is 486 Å². The first-order valence-corrected chi connectivity index (χ1v) is 27.9. The number of ether oxygens (including phenoxy) is 2. The molecule has 0 spiro atoms. The Bertz CT molecular complexity index is 3490. The van der Waals surface area contributed by atoms with Crippen molar-refractivity contribution in [3.05, 3.63) is 110 Å². The predicted octanol–water partition coefficient (Wildman–Crippen LogP) is 0.525. The van der Waals surface area contributed by atoms with Crippen LogP contribution in [0.2, 0.25) is 0 Å². The number of pyridine rings is 2. The van der Waals surface area contributed by atoms with Crippen LogP contribution in [0.1, 0.15) is 118 Å². The van der Waals surface area contributed by atoms with Gasteiger partial charge in [0.25, 0.3) is 17.4 Å². The van der Waals surface area contributed by atoms with E-state index in [0.29, 0.717) is 62.3 Å². The SMILES string of the molecule is CC[C@@]1(O)C(=O)OCc2c1cc1n(c2=O)Cc2c-1nc1cc(F)c(C)c3c1c2[C@@H](NC(=O)CCCNC(=O)CNC(=O)[C@H](Cc1ccccc1)NC(=O)CNC(=O)CNC(=O)CCNC(=O)[C@H](CCC(=O)OC(C)(C)C)N1C(=O)C=CC1=O)CC3. The molecule has 9 amide bonds. The number of fused-ring (bicyclic) bond motifs is 5. The number of benzene rings is 2. The third-order valence-electron chi connectivity index (χ3n) is 15.0. The molecule has 0 bridgehead atoms. The van der Waals surface area contributed by atoms with Gasteiger partial charge in [-0.15, -0.1) is 0 Å². The summed E-state index contributed by atoms with van der Waals surface area (Å²) < 4.78 is 27.4. The number of imide groups is 1. The van der Waals surface area contributed by atoms with Crippen LogP contribution in [-0.2, 0) is 93.8 Å². The third kappa shape index (κ3) is 14.2. The normalized spacial score (nSPS) is 17.1. The van der Waals surface area contributed by atoms with Crippen LogP contribution in [0.4, 0.5) is 4.39 Å². The van der Waals surface area contributed by atoms with Crippen molar-refractivity contribution in [1.29, 1.82) is 0 Å². The second kappa shape index (κ2) is 26.2. The molecule has 2 aromatic heterocycles. The highest BCUT2D eigenvalue weighted by Crippen LogP contribution is 2.46. The van der Waals surface area contributed by atoms with E-state index in [2.05, 4.69) is 37.2 Å². The molecule has 450 valence electrons. The van der Waals surface area contributed by atoms with Gasteiger partial charge in [-0.3, -0.25) is 57.6 Å². The molecular formula is C59H67FN10O15. The van der Waals surface area contributed by atoms with Crippen LogP contribution in [-0.4, -0.2) is 135 Å². The second-order valence-electron chi connectivity index (χ2n) is 22.1. The van der Waals surface area contributed by atoms with Gasteiger partial charge >= 0.3 is 11.9 Å². The fourth-order valence-corrected chi connectivity index (χ4v) is 10.8. The van der Waals surface area contributed by atoms with Gasteiger partial charge in [0.05, 0.1) is 54.7 Å². The van der Waals surface area contributed by atoms with Crippen molar-refractivity contribution in [3.8, 4) is 11.4 Å². The fourth-order valence-electron chi connectivity index (χ4n) is 10.8. The standard InChI is InChI=1S/C59H67FN10O15/c1-6-59(83)36-24-42-53-34(29-69(42)56(81)35(36)30-84-57(59)82)52-38(15-14-33-31(2)37(60)25-39(68-53)51(33)52)66-44(72)13-10-21-61-45(73)27-65-54(79)40(23-32-11-8-7-9-12-32)67-47(75)28-64-46(74)26-63-43(71)20-22-62-55(80)41(70-48(76)17-18-49(70)77)16-19-50(78)85-58(3,4)5/h7-9,11-12,17-18,24-25,38,40-41,83H,6,10,13-16,19-23,26-30H2,1-5H3,(H,61,73)(H,62,80)(H,63,71)(H,64,74)(H,65,79)(H,66,72)(H,67,75)/t38-,40-,41-,59-/m0/s1. The molecule has 0 fully saturated rings. The molecule has 85 heavy (non-hydrogen) atoms. The predicted molar refractivity (Wildman–Crippen MR) is 299 cm³/mol. The molecule has 25 nitrogen and oxygen atoms in total. The highest BCUT2D eigenvalue weighted by Gasteiger charge is 2.46. The van der Waals surface area contributed by atoms with Crippen molar-refractivity contribution in [2.24, 2.45) is 0 Å². The molecule has 0 saturated heterocycles. The van der Waals surface area contributed by atoms with E-state index in [1.165, 1.54) is 10.6 Å². The van der Waals surface area contributed by atoms with Gasteiger partial charge in [0, 0.05) is 73.5 Å². The maximum Gasteiger partial charge on any atom is 0.343 e. The van der Waals surface area contributed by atoms with Gasteiger partial charge in [-0.2, -0.15) is 0 Å². The number of cyclic esters (lactones) is 1. The molecular weight excluding hydrogens is 1110 g/mol. The Morgan fingerprint density at radius 2 is 1.49 bits per heavy atom. The second-order valence-corrected chi connectivity index (χ2v) is 22.1. The summed E-state index contributed by atoms with van der Waals surface area (Å²) >= 11 is 0. The van der Waals surface area contributed by atoms with Crippen LogP contribution in [0.3, 0.4) is 0 Å². The molecule has 26 heteroatoms. The summed E-state index contributed by atoms with van der Waals surface area (Å²) in [6.45, 7) is 6.12. The number of aliphatic hydroxyl groups is 1. The molecule has 4 aliphatic rings. The van der Waals surface area contributed by atoms with Gasteiger partial charge < -0.3 is 56.4 Å². The van der Waals surface area contributed by atoms with Crippen LogP contribution in [0.25, 0.3) is 22.3 Å². The van der Waals surface area contributed by atoms with Crippen LogP contribution in [0, 0.1) is 12.7 Å². The highest BCUT2D eigenvalue weighted by atomic mass is 19.1. The summed E-state index contributed by atoms with van der Waals surface area (Å²) in [5.74, 6) is -8.15. The Kier molecular flexibility index (Phi) is 19.0. The number of carbonyl (C=O) groups is 11. The van der Waals surface area contributed by atoms with Gasteiger partial charge in [-0.05, 0) is 88.1 Å². The van der Waals surface area contributed by atoms with E-state index in [0.717, 1.165) is 17.7 Å². The minimum absolute atomic E-state index is 0.00676. The Balaban J connectivity index is 0.787. The van der Waals surface area contributed by atoms with Crippen LogP contribution in [0.5, 0.6) is 0 Å². The molecule has 0 unspecified atom stereocenters. The van der Waals surface area contributed by atoms with E-state index in [4.69, 9.17) is 14.5 Å². The first kappa shape index (κ1) is 61.9. The number of esters is 2. The topological polar surface area (TPSA) is 349 Å². The molecule has 1 aliphatic carbocycles. The summed E-state index contributed by atoms with van der Waals surface area (Å²) in [7, 11) is 0. The summed E-state index contributed by atoms with van der Waals surface area (Å²) in [6, 6.07) is 8.43. The number of hydrogen-bond acceptors (Lipinski definition) is 16. The van der Waals surface area contributed by atoms with Crippen molar-refractivity contribution in [2.45, 2.75) is 135 Å². The summed E-state index contributed by atoms with van der Waals surface area (Å²) in [5, 5.41) is 30.1. The molecule has 3 aliphatic heterocycles. The van der Waals surface area contributed by atoms with Crippen molar-refractivity contribution in [2.75, 3.05) is 32.7 Å². The number of nitrogens with one attached hydrogen (secondary N) is 7. The summed E-state index contributed by atoms with van der Waals surface area (Å²) in [6.07, 6.45) is 2.09. The molecule has 4 aromatic rings. The molecule has 8 rings (SSSR count). The van der Waals surface area contributed by atoms with Gasteiger partial charge in [0.1, 0.15) is 30.1 Å². The third-order valence-corrected chi connectivity index (χ3v) is 15.0. The van der Waals surface area contributed by atoms with E-state index in [1.807, 2.05) is 0 Å². The van der Waals surface area contributed by atoms with Gasteiger partial charge in [0.15, 0.2) is 5.60 Å². The zero-order valence-electron chi connectivity index (χ0n) is 47.6. The molecule has 8 N–H and O–H groups in total. The first-order valence-electron chi connectivity index (χ1n) is 27.9. The molecule has 5 heterocycles. The number of rotatable bonds is 24. The zero-order chi connectivity index (χ0) is 61.5. The lowest BCUT2D eigenvalue weighted by Gasteiger charge is -2.31. The maximum absolute atomic E-state index is 15.4. The average molecular weight is 1180 g/mol. The fraction of sp³-hybridized carbons (Fsp3) is 0.441. The number of hydrogen-bond donors (Lipinski definition) is 8. The molecule has 4 atom stereocenters. The number of amides is 9. The van der Waals surface area contributed by atoms with Gasteiger partial charge in [-0.25, -0.2) is 14.2 Å². The van der Waals surface area contributed by atoms with E-state index < -0.39 is 120 Å². The van der Waals surface area contributed by atoms with E-state index >= 15 is 4.39 Å². The lowest BCUT2D eigenvalue weighted by Crippen LogP contribution is -2.52. The van der Waals surface area contributed by atoms with E-state index in [9.17, 15) is 62.6 Å². The van der Waals surface area contributed by atoms with E-state index in [-0.39, 0.29) is 88.2 Å². The van der Waals surface area contributed by atoms with Crippen molar-refractivity contribution < 1.29 is 71.7 Å².